The van der Waals surface area contributed by atoms with E-state index < -0.39 is 5.97 Å². The lowest BCUT2D eigenvalue weighted by molar-refractivity contribution is -0.114. The molecule has 0 saturated carbocycles. The third-order valence-electron chi connectivity index (χ3n) is 3.02. The molecule has 1 N–H and O–H groups in total. The third kappa shape index (κ3) is 4.46. The minimum atomic E-state index is -0.698. The van der Waals surface area contributed by atoms with Crippen molar-refractivity contribution in [2.24, 2.45) is 0 Å². The molecule has 0 radical (unpaired) electrons. The van der Waals surface area contributed by atoms with Crippen LogP contribution in [0.25, 0.3) is 0 Å². The van der Waals surface area contributed by atoms with Crippen molar-refractivity contribution in [2.75, 3.05) is 11.9 Å². The number of amides is 1. The van der Waals surface area contributed by atoms with Gasteiger partial charge in [0.15, 0.2) is 17.4 Å². The van der Waals surface area contributed by atoms with E-state index in [0.717, 1.165) is 22.5 Å². The van der Waals surface area contributed by atoms with Crippen LogP contribution in [-0.2, 0) is 9.53 Å². The molecule has 7 heteroatoms. The number of nitrogens with one attached hydrogen (secondary N) is 1. The number of ketones is 1. The van der Waals surface area contributed by atoms with Gasteiger partial charge in [-0.3, -0.25) is 9.59 Å². The molecule has 0 spiro atoms. The van der Waals surface area contributed by atoms with Gasteiger partial charge in [0.25, 0.3) is 0 Å². The molecule has 6 nitrogen and oxygen atoms in total. The summed E-state index contributed by atoms with van der Waals surface area (Å²) < 4.78 is 5.00. The summed E-state index contributed by atoms with van der Waals surface area (Å²) in [6.45, 7) is 4.72. The average Bonchev–Trinajstić information content (AvgIpc) is 2.94. The van der Waals surface area contributed by atoms with Crippen molar-refractivity contribution in [1.29, 1.82) is 0 Å². The van der Waals surface area contributed by atoms with Gasteiger partial charge in [0.1, 0.15) is 0 Å². The second kappa shape index (κ2) is 7.15. The SMILES string of the molecule is CC(=O)Nc1nc(C(=O)OCC(=O)c2cc(C)ccc2C)cs1. The quantitative estimate of drug-likeness (QED) is 0.672. The van der Waals surface area contributed by atoms with E-state index in [1.54, 1.807) is 6.07 Å². The lowest BCUT2D eigenvalue weighted by Gasteiger charge is -2.06. The Balaban J connectivity index is 1.98. The number of benzene rings is 1. The van der Waals surface area contributed by atoms with Gasteiger partial charge < -0.3 is 10.1 Å². The molecule has 0 bridgehead atoms. The van der Waals surface area contributed by atoms with Crippen molar-refractivity contribution in [3.8, 4) is 0 Å². The highest BCUT2D eigenvalue weighted by molar-refractivity contribution is 7.14. The number of aryl methyl sites for hydroxylation is 2. The second-order valence-corrected chi connectivity index (χ2v) is 5.89. The number of ether oxygens (including phenoxy) is 1. The molecule has 1 aromatic heterocycles. The zero-order chi connectivity index (χ0) is 17.0. The van der Waals surface area contributed by atoms with Crippen LogP contribution in [0.1, 0.15) is 38.9 Å². The lowest BCUT2D eigenvalue weighted by atomic mass is 10.0. The molecule has 1 amide bonds. The van der Waals surface area contributed by atoms with Crippen LogP contribution in [0.15, 0.2) is 23.6 Å². The molecular formula is C16H16N2O4S. The molecule has 2 aromatic rings. The Kier molecular flexibility index (Phi) is 5.23. The molecule has 0 fully saturated rings. The van der Waals surface area contributed by atoms with Gasteiger partial charge in [0, 0.05) is 17.9 Å². The molecular weight excluding hydrogens is 316 g/mol. The fraction of sp³-hybridized carbons (Fsp3) is 0.250. The van der Waals surface area contributed by atoms with E-state index in [1.165, 1.54) is 12.3 Å². The first-order valence-electron chi connectivity index (χ1n) is 6.87. The first kappa shape index (κ1) is 16.8. The smallest absolute Gasteiger partial charge is 0.358 e. The van der Waals surface area contributed by atoms with Gasteiger partial charge >= 0.3 is 5.97 Å². The Hall–Kier alpha value is -2.54. The number of esters is 1. The number of hydrogen-bond donors (Lipinski definition) is 1. The number of Topliss-reactive ketones (excluding diaryl/α,β-unsaturated/α-hetero) is 1. The number of carbonyl (C=O) groups excluding carboxylic acids is 3. The van der Waals surface area contributed by atoms with Crippen LogP contribution in [-0.4, -0.2) is 29.3 Å². The van der Waals surface area contributed by atoms with Gasteiger partial charge in [-0.15, -0.1) is 11.3 Å². The summed E-state index contributed by atoms with van der Waals surface area (Å²) in [4.78, 5) is 38.9. The fourth-order valence-electron chi connectivity index (χ4n) is 1.89. The van der Waals surface area contributed by atoms with E-state index in [2.05, 4.69) is 10.3 Å². The van der Waals surface area contributed by atoms with Crippen molar-refractivity contribution in [2.45, 2.75) is 20.8 Å². The normalized spacial score (nSPS) is 10.2. The third-order valence-corrected chi connectivity index (χ3v) is 3.78. The van der Waals surface area contributed by atoms with Gasteiger partial charge in [0.05, 0.1) is 0 Å². The minimum Gasteiger partial charge on any atom is -0.453 e. The summed E-state index contributed by atoms with van der Waals surface area (Å²) in [5.74, 6) is -1.24. The average molecular weight is 332 g/mol. The maximum absolute atomic E-state index is 12.2. The predicted octanol–water partition coefficient (Wildman–Crippen LogP) is 2.76. The topological polar surface area (TPSA) is 85.4 Å². The van der Waals surface area contributed by atoms with Crippen LogP contribution >= 0.6 is 11.3 Å². The van der Waals surface area contributed by atoms with Crippen molar-refractivity contribution in [1.82, 2.24) is 4.98 Å². The first-order valence-corrected chi connectivity index (χ1v) is 7.75. The monoisotopic (exact) mass is 332 g/mol. The highest BCUT2D eigenvalue weighted by Gasteiger charge is 2.16. The molecule has 0 unspecified atom stereocenters. The maximum atomic E-state index is 12.2. The van der Waals surface area contributed by atoms with Crippen molar-refractivity contribution < 1.29 is 19.1 Å². The fourth-order valence-corrected chi connectivity index (χ4v) is 2.62. The Bertz CT molecular complexity index is 767. The van der Waals surface area contributed by atoms with Crippen LogP contribution in [0.5, 0.6) is 0 Å². The van der Waals surface area contributed by atoms with Crippen molar-refractivity contribution >= 4 is 34.1 Å². The molecule has 0 atom stereocenters. The molecule has 0 aliphatic rings. The molecule has 0 aliphatic heterocycles. The number of thiazole rings is 1. The minimum absolute atomic E-state index is 0.0625. The zero-order valence-corrected chi connectivity index (χ0v) is 13.8. The summed E-state index contributed by atoms with van der Waals surface area (Å²) >= 11 is 1.11. The van der Waals surface area contributed by atoms with E-state index in [9.17, 15) is 14.4 Å². The highest BCUT2D eigenvalue weighted by atomic mass is 32.1. The van der Waals surface area contributed by atoms with E-state index in [0.29, 0.717) is 10.7 Å². The summed E-state index contributed by atoms with van der Waals surface area (Å²) in [5, 5.41) is 4.26. The second-order valence-electron chi connectivity index (χ2n) is 5.04. The Morgan fingerprint density at radius 3 is 2.70 bits per heavy atom. The van der Waals surface area contributed by atoms with E-state index >= 15 is 0 Å². The van der Waals surface area contributed by atoms with Gasteiger partial charge in [-0.25, -0.2) is 9.78 Å². The van der Waals surface area contributed by atoms with E-state index in [4.69, 9.17) is 4.74 Å². The van der Waals surface area contributed by atoms with Crippen LogP contribution in [0.2, 0.25) is 0 Å². The maximum Gasteiger partial charge on any atom is 0.358 e. The van der Waals surface area contributed by atoms with Crippen molar-refractivity contribution in [3.05, 3.63) is 46.0 Å². The lowest BCUT2D eigenvalue weighted by Crippen LogP contribution is -2.15. The molecule has 0 aliphatic carbocycles. The number of aromatic nitrogens is 1. The van der Waals surface area contributed by atoms with Gasteiger partial charge in [-0.1, -0.05) is 17.7 Å². The van der Waals surface area contributed by atoms with Crippen LogP contribution in [0.4, 0.5) is 5.13 Å². The van der Waals surface area contributed by atoms with Gasteiger partial charge in [-0.2, -0.15) is 0 Å². The van der Waals surface area contributed by atoms with Crippen molar-refractivity contribution in [3.63, 3.8) is 0 Å². The molecule has 23 heavy (non-hydrogen) atoms. The standard InChI is InChI=1S/C16H16N2O4S/c1-9-4-5-10(2)12(6-9)14(20)7-22-15(21)13-8-23-16(18-13)17-11(3)19/h4-6,8H,7H2,1-3H3,(H,17,18,19). The van der Waals surface area contributed by atoms with E-state index in [1.807, 2.05) is 26.0 Å². The van der Waals surface area contributed by atoms with E-state index in [-0.39, 0.29) is 24.0 Å². The molecule has 1 aromatic carbocycles. The molecule has 120 valence electrons. The summed E-state index contributed by atoms with van der Waals surface area (Å²) in [7, 11) is 0. The van der Waals surface area contributed by atoms with Gasteiger partial charge in [0.2, 0.25) is 11.7 Å². The number of carbonyl (C=O) groups is 3. The molecule has 1 heterocycles. The number of nitrogens with zero attached hydrogens (tertiary/aromatic N) is 1. The largest absolute Gasteiger partial charge is 0.453 e. The van der Waals surface area contributed by atoms with Crippen LogP contribution in [0, 0.1) is 13.8 Å². The number of hydrogen-bond acceptors (Lipinski definition) is 6. The van der Waals surface area contributed by atoms with Crippen LogP contribution < -0.4 is 5.32 Å². The number of anilines is 1. The number of rotatable bonds is 5. The zero-order valence-electron chi connectivity index (χ0n) is 13.0. The Labute approximate surface area is 137 Å². The first-order chi connectivity index (χ1) is 10.9. The summed E-state index contributed by atoms with van der Waals surface area (Å²) in [6, 6.07) is 5.53. The van der Waals surface area contributed by atoms with Gasteiger partial charge in [-0.05, 0) is 25.5 Å². The predicted molar refractivity (Wildman–Crippen MR) is 86.9 cm³/mol. The van der Waals surface area contributed by atoms with Crippen LogP contribution in [0.3, 0.4) is 0 Å². The molecule has 0 saturated heterocycles. The highest BCUT2D eigenvalue weighted by Crippen LogP contribution is 2.16. The Morgan fingerprint density at radius 2 is 2.00 bits per heavy atom. The summed E-state index contributed by atoms with van der Waals surface area (Å²) in [6.07, 6.45) is 0. The molecule has 2 rings (SSSR count). The Morgan fingerprint density at radius 1 is 1.26 bits per heavy atom. The summed E-state index contributed by atoms with van der Waals surface area (Å²) in [5.41, 5.74) is 2.39.